The zero-order chi connectivity index (χ0) is 15.9. The lowest BCUT2D eigenvalue weighted by Crippen LogP contribution is -2.30. The van der Waals surface area contributed by atoms with E-state index in [0.717, 1.165) is 10.8 Å². The van der Waals surface area contributed by atoms with E-state index in [4.69, 9.17) is 5.11 Å². The van der Waals surface area contributed by atoms with Crippen LogP contribution in [0.3, 0.4) is 0 Å². The van der Waals surface area contributed by atoms with E-state index < -0.39 is 11.9 Å². The number of amides is 1. The number of hydrogen-bond donors (Lipinski definition) is 2. The van der Waals surface area contributed by atoms with Gasteiger partial charge in [-0.1, -0.05) is 31.2 Å². The Morgan fingerprint density at radius 2 is 1.77 bits per heavy atom. The molecule has 1 fully saturated rings. The quantitative estimate of drug-likeness (QED) is 0.892. The number of carbonyl (C=O) groups excluding carboxylic acids is 1. The lowest BCUT2D eigenvalue weighted by Gasteiger charge is -2.17. The number of likely N-dealkylation sites (tertiary alicyclic amines) is 1. The second-order valence-electron chi connectivity index (χ2n) is 5.85. The van der Waals surface area contributed by atoms with Crippen molar-refractivity contribution in [1.29, 1.82) is 0 Å². The molecule has 0 spiro atoms. The molecule has 2 aromatic carbocycles. The molecule has 22 heavy (non-hydrogen) atoms. The number of carboxylic acid groups (broad SMARTS) is 1. The van der Waals surface area contributed by atoms with Gasteiger partial charge in [-0.25, -0.2) is 0 Å². The lowest BCUT2D eigenvalue weighted by molar-refractivity contribution is -0.142. The van der Waals surface area contributed by atoms with Crippen LogP contribution < -0.4 is 0 Å². The molecule has 2 N–H and O–H groups in total. The van der Waals surface area contributed by atoms with Crippen LogP contribution in [-0.2, 0) is 4.79 Å². The molecule has 1 amide bonds. The van der Waals surface area contributed by atoms with E-state index in [2.05, 4.69) is 0 Å². The Morgan fingerprint density at radius 3 is 2.36 bits per heavy atom. The Morgan fingerprint density at radius 1 is 1.14 bits per heavy atom. The second kappa shape index (κ2) is 5.33. The third-order valence-corrected chi connectivity index (χ3v) is 4.31. The first-order valence-corrected chi connectivity index (χ1v) is 7.21. The van der Waals surface area contributed by atoms with Crippen molar-refractivity contribution in [2.24, 2.45) is 11.8 Å². The Bertz CT molecular complexity index is 755. The monoisotopic (exact) mass is 299 g/mol. The molecule has 0 bridgehead atoms. The summed E-state index contributed by atoms with van der Waals surface area (Å²) in [6.45, 7) is 2.40. The van der Waals surface area contributed by atoms with Crippen molar-refractivity contribution in [1.82, 2.24) is 4.90 Å². The summed E-state index contributed by atoms with van der Waals surface area (Å²) in [7, 11) is 0. The fourth-order valence-corrected chi connectivity index (χ4v) is 3.02. The van der Waals surface area contributed by atoms with Crippen molar-refractivity contribution in [3.8, 4) is 5.75 Å². The van der Waals surface area contributed by atoms with Gasteiger partial charge in [0, 0.05) is 13.1 Å². The summed E-state index contributed by atoms with van der Waals surface area (Å²) < 4.78 is 0. The van der Waals surface area contributed by atoms with Gasteiger partial charge in [0.1, 0.15) is 5.75 Å². The highest BCUT2D eigenvalue weighted by Crippen LogP contribution is 2.29. The number of phenols is 1. The largest absolute Gasteiger partial charge is 0.507 e. The molecule has 0 aromatic heterocycles. The SMILES string of the molecule is C[C@@H]1CN(C(=O)c2cc3ccccc3cc2O)C[C@H]1C(=O)O. The van der Waals surface area contributed by atoms with Crippen LogP contribution >= 0.6 is 0 Å². The second-order valence-corrected chi connectivity index (χ2v) is 5.85. The lowest BCUT2D eigenvalue weighted by atomic mass is 9.99. The minimum atomic E-state index is -0.884. The van der Waals surface area contributed by atoms with Crippen LogP contribution in [0.1, 0.15) is 17.3 Å². The number of hydrogen-bond acceptors (Lipinski definition) is 3. The van der Waals surface area contributed by atoms with Gasteiger partial charge < -0.3 is 15.1 Å². The zero-order valence-electron chi connectivity index (χ0n) is 12.2. The van der Waals surface area contributed by atoms with E-state index >= 15 is 0 Å². The van der Waals surface area contributed by atoms with Crippen molar-refractivity contribution in [3.05, 3.63) is 42.0 Å². The summed E-state index contributed by atoms with van der Waals surface area (Å²) in [5.74, 6) is -1.92. The minimum absolute atomic E-state index is 0.0740. The van der Waals surface area contributed by atoms with Gasteiger partial charge in [-0.3, -0.25) is 9.59 Å². The van der Waals surface area contributed by atoms with Gasteiger partial charge in [0.05, 0.1) is 11.5 Å². The summed E-state index contributed by atoms with van der Waals surface area (Å²) in [4.78, 5) is 25.3. The molecule has 1 aliphatic heterocycles. The van der Waals surface area contributed by atoms with Crippen LogP contribution in [0.15, 0.2) is 36.4 Å². The molecule has 1 heterocycles. The van der Waals surface area contributed by atoms with E-state index in [1.54, 1.807) is 12.1 Å². The average Bonchev–Trinajstić information content (AvgIpc) is 2.88. The molecule has 114 valence electrons. The van der Waals surface area contributed by atoms with E-state index in [9.17, 15) is 14.7 Å². The first-order chi connectivity index (χ1) is 10.5. The van der Waals surface area contributed by atoms with Gasteiger partial charge in [-0.05, 0) is 28.8 Å². The van der Waals surface area contributed by atoms with Gasteiger partial charge in [-0.2, -0.15) is 0 Å². The number of aliphatic carboxylic acids is 1. The molecular formula is C17H17NO4. The van der Waals surface area contributed by atoms with Crippen molar-refractivity contribution >= 4 is 22.6 Å². The summed E-state index contributed by atoms with van der Waals surface area (Å²) in [5, 5.41) is 21.0. The van der Waals surface area contributed by atoms with Crippen LogP contribution in [-0.4, -0.2) is 40.1 Å². The van der Waals surface area contributed by atoms with Crippen molar-refractivity contribution in [2.45, 2.75) is 6.92 Å². The Kier molecular flexibility index (Phi) is 3.48. The van der Waals surface area contributed by atoms with Gasteiger partial charge in [-0.15, -0.1) is 0 Å². The first kappa shape index (κ1) is 14.4. The van der Waals surface area contributed by atoms with E-state index in [-0.39, 0.29) is 29.7 Å². The summed E-state index contributed by atoms with van der Waals surface area (Å²) in [6.07, 6.45) is 0. The maximum absolute atomic E-state index is 12.6. The molecule has 5 heteroatoms. The molecule has 3 rings (SSSR count). The van der Waals surface area contributed by atoms with Crippen LogP contribution in [0.2, 0.25) is 0 Å². The van der Waals surface area contributed by atoms with Crippen LogP contribution in [0, 0.1) is 11.8 Å². The number of benzene rings is 2. The molecule has 0 aliphatic carbocycles. The number of carboxylic acids is 1. The van der Waals surface area contributed by atoms with Gasteiger partial charge in [0.15, 0.2) is 0 Å². The predicted octanol–water partition coefficient (Wildman–Crippen LogP) is 2.34. The first-order valence-electron chi connectivity index (χ1n) is 7.21. The van der Waals surface area contributed by atoms with Gasteiger partial charge in [0.2, 0.25) is 0 Å². The number of aromatic hydroxyl groups is 1. The topological polar surface area (TPSA) is 77.8 Å². The fraction of sp³-hybridized carbons (Fsp3) is 0.294. The number of carbonyl (C=O) groups is 2. The average molecular weight is 299 g/mol. The fourth-order valence-electron chi connectivity index (χ4n) is 3.02. The molecule has 5 nitrogen and oxygen atoms in total. The van der Waals surface area contributed by atoms with Crippen LogP contribution in [0.25, 0.3) is 10.8 Å². The minimum Gasteiger partial charge on any atom is -0.507 e. The standard InChI is InChI=1S/C17H17NO4/c1-10-8-18(9-14(10)17(21)22)16(20)13-6-11-4-2-3-5-12(11)7-15(13)19/h2-7,10,14,19H,8-9H2,1H3,(H,21,22)/t10-,14-/m1/s1. The Labute approximate surface area is 127 Å². The number of nitrogens with zero attached hydrogens (tertiary/aromatic N) is 1. The van der Waals surface area contributed by atoms with Crippen molar-refractivity contribution in [2.75, 3.05) is 13.1 Å². The van der Waals surface area contributed by atoms with E-state index in [0.29, 0.717) is 6.54 Å². The van der Waals surface area contributed by atoms with Crippen LogP contribution in [0.5, 0.6) is 5.75 Å². The highest BCUT2D eigenvalue weighted by atomic mass is 16.4. The van der Waals surface area contributed by atoms with E-state index in [1.165, 1.54) is 4.90 Å². The smallest absolute Gasteiger partial charge is 0.308 e. The van der Waals surface area contributed by atoms with Gasteiger partial charge >= 0.3 is 5.97 Å². The van der Waals surface area contributed by atoms with Gasteiger partial charge in [0.25, 0.3) is 5.91 Å². The Balaban J connectivity index is 1.93. The molecule has 2 aromatic rings. The maximum atomic E-state index is 12.6. The van der Waals surface area contributed by atoms with E-state index in [1.807, 2.05) is 31.2 Å². The normalized spacial score (nSPS) is 21.2. The number of fused-ring (bicyclic) bond motifs is 1. The molecule has 1 saturated heterocycles. The van der Waals surface area contributed by atoms with Crippen molar-refractivity contribution in [3.63, 3.8) is 0 Å². The predicted molar refractivity (Wildman–Crippen MR) is 81.8 cm³/mol. The third-order valence-electron chi connectivity index (χ3n) is 4.31. The van der Waals surface area contributed by atoms with Crippen LogP contribution in [0.4, 0.5) is 0 Å². The Hall–Kier alpha value is -2.56. The summed E-state index contributed by atoms with van der Waals surface area (Å²) in [6, 6.07) is 10.7. The summed E-state index contributed by atoms with van der Waals surface area (Å²) in [5.41, 5.74) is 0.219. The number of phenolic OH excluding ortho intramolecular Hbond substituents is 1. The number of rotatable bonds is 2. The van der Waals surface area contributed by atoms with Crippen molar-refractivity contribution < 1.29 is 19.8 Å². The molecule has 2 atom stereocenters. The molecule has 0 unspecified atom stereocenters. The third kappa shape index (κ3) is 2.39. The molecule has 0 radical (unpaired) electrons. The summed E-state index contributed by atoms with van der Waals surface area (Å²) >= 11 is 0. The highest BCUT2D eigenvalue weighted by molar-refractivity contribution is 6.01. The molecule has 0 saturated carbocycles. The molecule has 1 aliphatic rings. The maximum Gasteiger partial charge on any atom is 0.308 e. The molecular weight excluding hydrogens is 282 g/mol. The zero-order valence-corrected chi connectivity index (χ0v) is 12.2. The highest BCUT2D eigenvalue weighted by Gasteiger charge is 2.37.